The van der Waals surface area contributed by atoms with Gasteiger partial charge in [0.15, 0.2) is 0 Å². The van der Waals surface area contributed by atoms with Gasteiger partial charge in [-0.1, -0.05) is 24.3 Å². The third-order valence-corrected chi connectivity index (χ3v) is 4.12. The van der Waals surface area contributed by atoms with Crippen LogP contribution in [0.5, 0.6) is 0 Å². The van der Waals surface area contributed by atoms with Crippen molar-refractivity contribution in [3.8, 4) is 28.6 Å². The molecule has 0 aliphatic rings. The summed E-state index contributed by atoms with van der Waals surface area (Å²) >= 11 is 0. The van der Waals surface area contributed by atoms with Crippen molar-refractivity contribution in [3.05, 3.63) is 47.5 Å². The van der Waals surface area contributed by atoms with Gasteiger partial charge >= 0.3 is 6.18 Å². The highest BCUT2D eigenvalue weighted by molar-refractivity contribution is 5.75. The molecule has 0 bridgehead atoms. The molecule has 0 radical (unpaired) electrons. The number of alkyl halides is 3. The molecule has 2 heterocycles. The van der Waals surface area contributed by atoms with Crippen molar-refractivity contribution in [2.75, 3.05) is 30.5 Å². The van der Waals surface area contributed by atoms with Crippen LogP contribution in [0.2, 0.25) is 0 Å². The van der Waals surface area contributed by atoms with Gasteiger partial charge in [0.1, 0.15) is 23.3 Å². The fourth-order valence-corrected chi connectivity index (χ4v) is 2.67. The predicted molar refractivity (Wildman–Crippen MR) is 104 cm³/mol. The van der Waals surface area contributed by atoms with Gasteiger partial charge in [-0.05, 0) is 12.1 Å². The van der Waals surface area contributed by atoms with E-state index in [0.717, 1.165) is 12.1 Å². The maximum Gasteiger partial charge on any atom is 0.416 e. The molecule has 29 heavy (non-hydrogen) atoms. The highest BCUT2D eigenvalue weighted by Crippen LogP contribution is 2.34. The van der Waals surface area contributed by atoms with E-state index in [1.165, 1.54) is 4.90 Å². The number of benzene rings is 1. The molecular weight excluding hydrogens is 383 g/mol. The number of anilines is 3. The van der Waals surface area contributed by atoms with E-state index in [4.69, 9.17) is 11.5 Å². The summed E-state index contributed by atoms with van der Waals surface area (Å²) in [6.45, 7) is 0. The van der Waals surface area contributed by atoms with E-state index in [1.54, 1.807) is 38.4 Å². The van der Waals surface area contributed by atoms with Crippen LogP contribution < -0.4 is 16.4 Å². The number of hydrogen-bond donors (Lipinski definition) is 2. The number of halogens is 3. The van der Waals surface area contributed by atoms with Crippen molar-refractivity contribution < 1.29 is 13.2 Å². The smallest absolute Gasteiger partial charge is 0.382 e. The van der Waals surface area contributed by atoms with E-state index in [2.05, 4.69) is 15.0 Å². The minimum absolute atomic E-state index is 0.0470. The van der Waals surface area contributed by atoms with E-state index in [1.807, 2.05) is 6.07 Å². The molecule has 0 fully saturated rings. The van der Waals surface area contributed by atoms with Gasteiger partial charge in [-0.15, -0.1) is 0 Å². The fourth-order valence-electron chi connectivity index (χ4n) is 2.67. The summed E-state index contributed by atoms with van der Waals surface area (Å²) in [5.41, 5.74) is 12.0. The second-order valence-corrected chi connectivity index (χ2v) is 6.37. The average molecular weight is 399 g/mol. The van der Waals surface area contributed by atoms with Crippen molar-refractivity contribution in [2.24, 2.45) is 0 Å². The van der Waals surface area contributed by atoms with Crippen molar-refractivity contribution in [1.29, 1.82) is 5.26 Å². The lowest BCUT2D eigenvalue weighted by molar-refractivity contribution is -0.137. The SMILES string of the molecule is CN(C)c1cc(C(F)(F)F)cc(-c2ccc(-c3nc(N)nc(N)c3C#N)cc2)n1. The van der Waals surface area contributed by atoms with Crippen LogP contribution in [0.25, 0.3) is 22.5 Å². The Kier molecular flexibility index (Phi) is 4.99. The van der Waals surface area contributed by atoms with Crippen LogP contribution in [0, 0.1) is 11.3 Å². The number of nitrogen functional groups attached to an aromatic ring is 2. The molecule has 3 aromatic rings. The summed E-state index contributed by atoms with van der Waals surface area (Å²) in [6, 6.07) is 10.3. The molecule has 3 rings (SSSR count). The Balaban J connectivity index is 2.09. The molecule has 0 atom stereocenters. The Bertz CT molecular complexity index is 1100. The van der Waals surface area contributed by atoms with Crippen LogP contribution in [0.15, 0.2) is 36.4 Å². The fraction of sp³-hybridized carbons (Fsp3) is 0.158. The van der Waals surface area contributed by atoms with E-state index in [0.29, 0.717) is 11.1 Å². The Labute approximate surface area is 164 Å². The lowest BCUT2D eigenvalue weighted by atomic mass is 10.0. The second-order valence-electron chi connectivity index (χ2n) is 6.37. The Hall–Kier alpha value is -3.87. The summed E-state index contributed by atoms with van der Waals surface area (Å²) in [5.74, 6) is 0.0482. The highest BCUT2D eigenvalue weighted by atomic mass is 19.4. The number of pyridine rings is 1. The molecule has 1 aromatic carbocycles. The average Bonchev–Trinajstić information content (AvgIpc) is 2.66. The molecule has 0 aliphatic heterocycles. The molecule has 7 nitrogen and oxygen atoms in total. The first-order chi connectivity index (χ1) is 13.6. The third-order valence-electron chi connectivity index (χ3n) is 4.12. The molecule has 4 N–H and O–H groups in total. The zero-order chi connectivity index (χ0) is 21.3. The van der Waals surface area contributed by atoms with E-state index < -0.39 is 11.7 Å². The molecule has 0 aliphatic carbocycles. The number of nitrogens with zero attached hydrogens (tertiary/aromatic N) is 5. The minimum atomic E-state index is -4.50. The summed E-state index contributed by atoms with van der Waals surface area (Å²) < 4.78 is 39.8. The number of rotatable bonds is 3. The maximum absolute atomic E-state index is 13.3. The van der Waals surface area contributed by atoms with Crippen LogP contribution in [0.1, 0.15) is 11.1 Å². The van der Waals surface area contributed by atoms with Gasteiger partial charge in [0.25, 0.3) is 0 Å². The van der Waals surface area contributed by atoms with Crippen LogP contribution in [-0.4, -0.2) is 29.0 Å². The summed E-state index contributed by atoms with van der Waals surface area (Å²) in [7, 11) is 3.23. The Morgan fingerprint density at radius 3 is 2.14 bits per heavy atom. The zero-order valence-electron chi connectivity index (χ0n) is 15.5. The first kappa shape index (κ1) is 19.9. The largest absolute Gasteiger partial charge is 0.416 e. The molecule has 0 saturated carbocycles. The van der Waals surface area contributed by atoms with E-state index in [-0.39, 0.29) is 34.5 Å². The van der Waals surface area contributed by atoms with Gasteiger partial charge in [0, 0.05) is 25.2 Å². The van der Waals surface area contributed by atoms with Gasteiger partial charge in [0.2, 0.25) is 5.95 Å². The van der Waals surface area contributed by atoms with Crippen LogP contribution in [0.3, 0.4) is 0 Å². The lowest BCUT2D eigenvalue weighted by Gasteiger charge is -2.16. The van der Waals surface area contributed by atoms with Crippen molar-refractivity contribution in [1.82, 2.24) is 15.0 Å². The third kappa shape index (κ3) is 4.03. The van der Waals surface area contributed by atoms with Gasteiger partial charge in [-0.2, -0.15) is 23.4 Å². The Morgan fingerprint density at radius 2 is 1.59 bits per heavy atom. The minimum Gasteiger partial charge on any atom is -0.382 e. The molecule has 148 valence electrons. The molecule has 0 saturated heterocycles. The van der Waals surface area contributed by atoms with Crippen LogP contribution >= 0.6 is 0 Å². The first-order valence-electron chi connectivity index (χ1n) is 8.30. The predicted octanol–water partition coefficient (Wildman–Crippen LogP) is 3.33. The topological polar surface area (TPSA) is 118 Å². The standard InChI is InChI=1S/C19H16F3N7/c1-29(2)15-8-12(19(20,21)22)7-14(26-15)10-3-5-11(6-4-10)16-13(9-23)17(24)28-18(25)27-16/h3-8H,1-2H3,(H4,24,25,27,28). The number of aromatic nitrogens is 3. The van der Waals surface area contributed by atoms with Gasteiger partial charge < -0.3 is 16.4 Å². The van der Waals surface area contributed by atoms with E-state index >= 15 is 0 Å². The van der Waals surface area contributed by atoms with Crippen molar-refractivity contribution in [3.63, 3.8) is 0 Å². The van der Waals surface area contributed by atoms with Gasteiger partial charge in [0.05, 0.1) is 17.0 Å². The molecule has 0 amide bonds. The number of nitrogens with two attached hydrogens (primary N) is 2. The zero-order valence-corrected chi connectivity index (χ0v) is 15.5. The van der Waals surface area contributed by atoms with Crippen molar-refractivity contribution >= 4 is 17.6 Å². The number of nitriles is 1. The van der Waals surface area contributed by atoms with Gasteiger partial charge in [-0.3, -0.25) is 0 Å². The Morgan fingerprint density at radius 1 is 0.966 bits per heavy atom. The monoisotopic (exact) mass is 399 g/mol. The summed E-state index contributed by atoms with van der Waals surface area (Å²) in [5, 5.41) is 9.30. The maximum atomic E-state index is 13.3. The van der Waals surface area contributed by atoms with Gasteiger partial charge in [-0.25, -0.2) is 9.97 Å². The summed E-state index contributed by atoms with van der Waals surface area (Å²) in [4.78, 5) is 13.6. The molecular formula is C19H16F3N7. The summed E-state index contributed by atoms with van der Waals surface area (Å²) in [6.07, 6.45) is -4.50. The van der Waals surface area contributed by atoms with Crippen LogP contribution in [-0.2, 0) is 6.18 Å². The normalized spacial score (nSPS) is 11.2. The lowest BCUT2D eigenvalue weighted by Crippen LogP contribution is -2.14. The molecule has 0 spiro atoms. The molecule has 2 aromatic heterocycles. The quantitative estimate of drug-likeness (QED) is 0.693. The van der Waals surface area contributed by atoms with Crippen LogP contribution in [0.4, 0.5) is 30.8 Å². The van der Waals surface area contributed by atoms with E-state index in [9.17, 15) is 18.4 Å². The highest BCUT2D eigenvalue weighted by Gasteiger charge is 2.32. The molecule has 0 unspecified atom stereocenters. The first-order valence-corrected chi connectivity index (χ1v) is 8.30. The number of hydrogen-bond acceptors (Lipinski definition) is 7. The van der Waals surface area contributed by atoms with Crippen molar-refractivity contribution in [2.45, 2.75) is 6.18 Å². The molecule has 10 heteroatoms. The second kappa shape index (κ2) is 7.27.